The molecular formula is C13H24O2. The summed E-state index contributed by atoms with van der Waals surface area (Å²) in [5, 5.41) is 0. The molecule has 0 atom stereocenters. The Labute approximate surface area is 93.4 Å². The summed E-state index contributed by atoms with van der Waals surface area (Å²) in [4.78, 5) is 11.3. The molecule has 0 unspecified atom stereocenters. The molecule has 1 fully saturated rings. The van der Waals surface area contributed by atoms with Crippen LogP contribution in [0.1, 0.15) is 58.8 Å². The molecule has 0 amide bonds. The molecule has 1 saturated carbocycles. The van der Waals surface area contributed by atoms with Crippen LogP contribution in [0.15, 0.2) is 0 Å². The molecule has 15 heavy (non-hydrogen) atoms. The first kappa shape index (κ1) is 12.7. The molecular weight excluding hydrogens is 188 g/mol. The number of carbonyl (C=O) groups excluding carboxylic acids is 1. The Balaban J connectivity index is 1.98. The third-order valence-corrected chi connectivity index (χ3v) is 3.12. The molecule has 2 nitrogen and oxygen atoms in total. The normalized spacial score (nSPS) is 18.3. The lowest BCUT2D eigenvalue weighted by Gasteiger charge is -2.21. The Bertz CT molecular complexity index is 181. The Morgan fingerprint density at radius 3 is 2.53 bits per heavy atom. The smallest absolute Gasteiger partial charge is 0.135 e. The molecule has 88 valence electrons. The number of ether oxygens (including phenoxy) is 1. The fourth-order valence-corrected chi connectivity index (χ4v) is 2.02. The molecule has 0 aliphatic heterocycles. The third-order valence-electron chi connectivity index (χ3n) is 3.12. The van der Waals surface area contributed by atoms with Gasteiger partial charge in [-0.05, 0) is 19.3 Å². The molecule has 0 bridgehead atoms. The molecule has 0 saturated heterocycles. The van der Waals surface area contributed by atoms with Crippen molar-refractivity contribution in [3.8, 4) is 0 Å². The maximum absolute atomic E-state index is 11.3. The zero-order valence-corrected chi connectivity index (χ0v) is 10.1. The van der Waals surface area contributed by atoms with Gasteiger partial charge in [0.1, 0.15) is 5.78 Å². The monoisotopic (exact) mass is 212 g/mol. The molecule has 0 aromatic heterocycles. The van der Waals surface area contributed by atoms with Crippen LogP contribution in [0.5, 0.6) is 0 Å². The van der Waals surface area contributed by atoms with Crippen molar-refractivity contribution in [3.63, 3.8) is 0 Å². The Morgan fingerprint density at radius 2 is 1.93 bits per heavy atom. The van der Waals surface area contributed by atoms with Crippen LogP contribution in [-0.4, -0.2) is 18.5 Å². The maximum Gasteiger partial charge on any atom is 0.135 e. The number of hydrogen-bond acceptors (Lipinski definition) is 2. The van der Waals surface area contributed by atoms with Crippen molar-refractivity contribution < 1.29 is 9.53 Å². The van der Waals surface area contributed by atoms with Crippen LogP contribution in [0.4, 0.5) is 0 Å². The average molecular weight is 212 g/mol. The SMILES string of the molecule is CC(C)C(=O)CCCOC1CCCCC1. The summed E-state index contributed by atoms with van der Waals surface area (Å²) < 4.78 is 5.76. The van der Waals surface area contributed by atoms with E-state index in [4.69, 9.17) is 4.74 Å². The predicted molar refractivity (Wildman–Crippen MR) is 61.9 cm³/mol. The summed E-state index contributed by atoms with van der Waals surface area (Å²) in [6.45, 7) is 4.69. The van der Waals surface area contributed by atoms with Gasteiger partial charge in [-0.2, -0.15) is 0 Å². The zero-order chi connectivity index (χ0) is 11.1. The molecule has 0 aromatic rings. The van der Waals surface area contributed by atoms with Gasteiger partial charge in [0.2, 0.25) is 0 Å². The fourth-order valence-electron chi connectivity index (χ4n) is 2.02. The molecule has 0 radical (unpaired) electrons. The highest BCUT2D eigenvalue weighted by Crippen LogP contribution is 2.20. The second-order valence-corrected chi connectivity index (χ2v) is 4.86. The highest BCUT2D eigenvalue weighted by Gasteiger charge is 2.13. The standard InChI is InChI=1S/C13H24O2/c1-11(2)13(14)9-6-10-15-12-7-4-3-5-8-12/h11-12H,3-10H2,1-2H3. The molecule has 0 spiro atoms. The van der Waals surface area contributed by atoms with Gasteiger partial charge < -0.3 is 4.74 Å². The number of hydrogen-bond donors (Lipinski definition) is 0. The first-order valence-corrected chi connectivity index (χ1v) is 6.34. The van der Waals surface area contributed by atoms with E-state index in [0.29, 0.717) is 18.3 Å². The van der Waals surface area contributed by atoms with Gasteiger partial charge in [0.15, 0.2) is 0 Å². The maximum atomic E-state index is 11.3. The van der Waals surface area contributed by atoms with Gasteiger partial charge in [-0.25, -0.2) is 0 Å². The van der Waals surface area contributed by atoms with E-state index >= 15 is 0 Å². The fraction of sp³-hybridized carbons (Fsp3) is 0.923. The van der Waals surface area contributed by atoms with Gasteiger partial charge in [0, 0.05) is 18.9 Å². The number of rotatable bonds is 6. The number of ketones is 1. The van der Waals surface area contributed by atoms with E-state index in [0.717, 1.165) is 13.0 Å². The van der Waals surface area contributed by atoms with Crippen LogP contribution < -0.4 is 0 Å². The van der Waals surface area contributed by atoms with E-state index in [2.05, 4.69) is 0 Å². The largest absolute Gasteiger partial charge is 0.378 e. The lowest BCUT2D eigenvalue weighted by Crippen LogP contribution is -2.17. The van der Waals surface area contributed by atoms with Gasteiger partial charge in [0.25, 0.3) is 0 Å². The van der Waals surface area contributed by atoms with E-state index < -0.39 is 0 Å². The number of carbonyl (C=O) groups is 1. The van der Waals surface area contributed by atoms with E-state index in [9.17, 15) is 4.79 Å². The quantitative estimate of drug-likeness (QED) is 0.631. The summed E-state index contributed by atoms with van der Waals surface area (Å²) in [6.07, 6.45) is 8.50. The first-order valence-electron chi connectivity index (χ1n) is 6.34. The lowest BCUT2D eigenvalue weighted by molar-refractivity contribution is -0.122. The highest BCUT2D eigenvalue weighted by molar-refractivity contribution is 5.80. The van der Waals surface area contributed by atoms with Crippen molar-refractivity contribution >= 4 is 5.78 Å². The van der Waals surface area contributed by atoms with Crippen LogP contribution in [-0.2, 0) is 9.53 Å². The Hall–Kier alpha value is -0.370. The van der Waals surface area contributed by atoms with Crippen LogP contribution in [0.2, 0.25) is 0 Å². The van der Waals surface area contributed by atoms with Crippen LogP contribution in [0.3, 0.4) is 0 Å². The molecule has 0 N–H and O–H groups in total. The van der Waals surface area contributed by atoms with E-state index in [-0.39, 0.29) is 5.92 Å². The molecule has 0 aromatic carbocycles. The summed E-state index contributed by atoms with van der Waals surface area (Å²) in [7, 11) is 0. The minimum Gasteiger partial charge on any atom is -0.378 e. The molecule has 0 heterocycles. The summed E-state index contributed by atoms with van der Waals surface area (Å²) in [5.74, 6) is 0.543. The van der Waals surface area contributed by atoms with Crippen molar-refractivity contribution in [2.75, 3.05) is 6.61 Å². The molecule has 2 heteroatoms. The molecule has 1 aliphatic rings. The Kier molecular flexibility index (Phi) is 5.92. The van der Waals surface area contributed by atoms with Crippen molar-refractivity contribution in [1.29, 1.82) is 0 Å². The topological polar surface area (TPSA) is 26.3 Å². The van der Waals surface area contributed by atoms with Crippen molar-refractivity contribution in [2.45, 2.75) is 64.9 Å². The predicted octanol–water partition coefficient (Wildman–Crippen LogP) is 3.34. The average Bonchev–Trinajstić information content (AvgIpc) is 2.25. The number of Topliss-reactive ketones (excluding diaryl/α,β-unsaturated/α-hetero) is 1. The van der Waals surface area contributed by atoms with E-state index in [1.54, 1.807) is 0 Å². The zero-order valence-electron chi connectivity index (χ0n) is 10.1. The highest BCUT2D eigenvalue weighted by atomic mass is 16.5. The van der Waals surface area contributed by atoms with Gasteiger partial charge in [-0.15, -0.1) is 0 Å². The third kappa shape index (κ3) is 5.31. The van der Waals surface area contributed by atoms with Crippen LogP contribution >= 0.6 is 0 Å². The van der Waals surface area contributed by atoms with Crippen molar-refractivity contribution in [1.82, 2.24) is 0 Å². The van der Waals surface area contributed by atoms with Crippen LogP contribution in [0, 0.1) is 5.92 Å². The molecule has 1 rings (SSSR count). The van der Waals surface area contributed by atoms with Crippen molar-refractivity contribution in [2.24, 2.45) is 5.92 Å². The first-order chi connectivity index (χ1) is 7.20. The molecule has 1 aliphatic carbocycles. The van der Waals surface area contributed by atoms with E-state index in [1.807, 2.05) is 13.8 Å². The minimum atomic E-state index is 0.180. The van der Waals surface area contributed by atoms with Crippen molar-refractivity contribution in [3.05, 3.63) is 0 Å². The van der Waals surface area contributed by atoms with Gasteiger partial charge in [0.05, 0.1) is 6.10 Å². The summed E-state index contributed by atoms with van der Waals surface area (Å²) >= 11 is 0. The van der Waals surface area contributed by atoms with Crippen LogP contribution in [0.25, 0.3) is 0 Å². The summed E-state index contributed by atoms with van der Waals surface area (Å²) in [6, 6.07) is 0. The second kappa shape index (κ2) is 7.00. The van der Waals surface area contributed by atoms with Gasteiger partial charge in [-0.3, -0.25) is 4.79 Å². The lowest BCUT2D eigenvalue weighted by atomic mass is 9.98. The van der Waals surface area contributed by atoms with E-state index in [1.165, 1.54) is 32.1 Å². The minimum absolute atomic E-state index is 0.180. The Morgan fingerprint density at radius 1 is 1.27 bits per heavy atom. The summed E-state index contributed by atoms with van der Waals surface area (Å²) in [5.41, 5.74) is 0. The van der Waals surface area contributed by atoms with Gasteiger partial charge in [-0.1, -0.05) is 33.1 Å². The van der Waals surface area contributed by atoms with Gasteiger partial charge >= 0.3 is 0 Å². The second-order valence-electron chi connectivity index (χ2n) is 4.86.